The maximum Gasteiger partial charge on any atom is 0.191 e. The molecule has 0 aliphatic rings. The zero-order valence-electron chi connectivity index (χ0n) is 11.9. The highest BCUT2D eigenvalue weighted by atomic mass is 32.1. The smallest absolute Gasteiger partial charge is 0.191 e. The van der Waals surface area contributed by atoms with Gasteiger partial charge in [0.1, 0.15) is 5.75 Å². The molecule has 0 atom stereocenters. The van der Waals surface area contributed by atoms with Crippen molar-refractivity contribution in [2.75, 3.05) is 5.32 Å². The molecule has 0 unspecified atom stereocenters. The Morgan fingerprint density at radius 1 is 1.14 bits per heavy atom. The van der Waals surface area contributed by atoms with Crippen molar-refractivity contribution in [2.24, 2.45) is 5.10 Å². The number of aryl methyl sites for hydroxylation is 1. The predicted octanol–water partition coefficient (Wildman–Crippen LogP) is 3.33. The molecular weight excluding hydrogens is 282 g/mol. The van der Waals surface area contributed by atoms with E-state index in [9.17, 15) is 5.11 Å². The fourth-order valence-electron chi connectivity index (χ4n) is 1.76. The number of nitrogens with one attached hydrogen (secondary N) is 2. The number of aromatic hydroxyl groups is 1. The summed E-state index contributed by atoms with van der Waals surface area (Å²) in [6.07, 6.45) is 1.64. The van der Waals surface area contributed by atoms with Gasteiger partial charge in [0, 0.05) is 5.69 Å². The molecule has 108 valence electrons. The summed E-state index contributed by atoms with van der Waals surface area (Å²) in [6, 6.07) is 12.7. The fraction of sp³-hybridized carbons (Fsp3) is 0.125. The highest BCUT2D eigenvalue weighted by Gasteiger charge is 2.01. The van der Waals surface area contributed by atoms with Gasteiger partial charge in [0.15, 0.2) is 5.11 Å². The van der Waals surface area contributed by atoms with Crippen LogP contribution in [0, 0.1) is 13.8 Å². The van der Waals surface area contributed by atoms with E-state index in [1.807, 2.05) is 19.1 Å². The summed E-state index contributed by atoms with van der Waals surface area (Å²) in [7, 11) is 0. The van der Waals surface area contributed by atoms with Crippen LogP contribution in [0.3, 0.4) is 0 Å². The number of phenolic OH excluding ortho intramolecular Hbond substituents is 1. The van der Waals surface area contributed by atoms with Gasteiger partial charge >= 0.3 is 0 Å². The first-order valence-corrected chi connectivity index (χ1v) is 6.92. The second kappa shape index (κ2) is 6.85. The van der Waals surface area contributed by atoms with E-state index >= 15 is 0 Å². The lowest BCUT2D eigenvalue weighted by atomic mass is 10.1. The summed E-state index contributed by atoms with van der Waals surface area (Å²) in [4.78, 5) is 0. The Labute approximate surface area is 129 Å². The quantitative estimate of drug-likeness (QED) is 0.462. The van der Waals surface area contributed by atoms with E-state index in [1.165, 1.54) is 5.56 Å². The van der Waals surface area contributed by atoms with Gasteiger partial charge in [-0.3, -0.25) is 5.43 Å². The van der Waals surface area contributed by atoms with E-state index in [0.29, 0.717) is 5.11 Å². The lowest BCUT2D eigenvalue weighted by Crippen LogP contribution is -2.24. The van der Waals surface area contributed by atoms with Crippen molar-refractivity contribution in [3.63, 3.8) is 0 Å². The molecule has 3 N–H and O–H groups in total. The molecule has 2 aromatic carbocycles. The average Bonchev–Trinajstić information content (AvgIpc) is 2.46. The van der Waals surface area contributed by atoms with Crippen molar-refractivity contribution < 1.29 is 5.11 Å². The Kier molecular flexibility index (Phi) is 4.90. The number of nitrogens with zero attached hydrogens (tertiary/aromatic N) is 1. The molecule has 0 radical (unpaired) electrons. The topological polar surface area (TPSA) is 56.7 Å². The predicted molar refractivity (Wildman–Crippen MR) is 91.0 cm³/mol. The molecule has 21 heavy (non-hydrogen) atoms. The molecule has 0 saturated carbocycles. The number of anilines is 1. The summed E-state index contributed by atoms with van der Waals surface area (Å²) in [5.74, 6) is 0.229. The van der Waals surface area contributed by atoms with Gasteiger partial charge in [-0.15, -0.1) is 0 Å². The van der Waals surface area contributed by atoms with Crippen LogP contribution in [-0.4, -0.2) is 16.4 Å². The fourth-order valence-corrected chi connectivity index (χ4v) is 1.93. The highest BCUT2D eigenvalue weighted by Crippen LogP contribution is 2.17. The van der Waals surface area contributed by atoms with Gasteiger partial charge in [-0.1, -0.05) is 12.1 Å². The van der Waals surface area contributed by atoms with Gasteiger partial charge in [0.05, 0.1) is 6.21 Å². The molecule has 4 nitrogen and oxygen atoms in total. The molecular formula is C16H17N3OS. The molecule has 0 fully saturated rings. The molecule has 0 spiro atoms. The van der Waals surface area contributed by atoms with Gasteiger partial charge in [0.25, 0.3) is 0 Å². The first-order valence-electron chi connectivity index (χ1n) is 6.51. The van der Waals surface area contributed by atoms with Crippen molar-refractivity contribution in [1.29, 1.82) is 0 Å². The van der Waals surface area contributed by atoms with Crippen molar-refractivity contribution in [3.8, 4) is 5.75 Å². The number of hydrogen-bond donors (Lipinski definition) is 3. The third-order valence-electron chi connectivity index (χ3n) is 3.13. The van der Waals surface area contributed by atoms with E-state index in [2.05, 4.69) is 28.8 Å². The van der Waals surface area contributed by atoms with Gasteiger partial charge in [0.2, 0.25) is 0 Å². The van der Waals surface area contributed by atoms with Crippen LogP contribution in [0.5, 0.6) is 5.75 Å². The molecule has 0 aliphatic heterocycles. The van der Waals surface area contributed by atoms with E-state index in [0.717, 1.165) is 16.8 Å². The van der Waals surface area contributed by atoms with Crippen molar-refractivity contribution in [2.45, 2.75) is 13.8 Å². The molecule has 0 aliphatic carbocycles. The Morgan fingerprint density at radius 2 is 1.86 bits per heavy atom. The third-order valence-corrected chi connectivity index (χ3v) is 3.32. The van der Waals surface area contributed by atoms with Crippen molar-refractivity contribution >= 4 is 29.2 Å². The Morgan fingerprint density at radius 3 is 2.57 bits per heavy atom. The monoisotopic (exact) mass is 299 g/mol. The molecule has 0 aromatic heterocycles. The number of benzene rings is 2. The van der Waals surface area contributed by atoms with Crippen LogP contribution < -0.4 is 10.7 Å². The maximum atomic E-state index is 9.19. The Balaban J connectivity index is 1.93. The largest absolute Gasteiger partial charge is 0.508 e. The van der Waals surface area contributed by atoms with Gasteiger partial charge in [-0.2, -0.15) is 5.10 Å². The molecule has 0 bridgehead atoms. The van der Waals surface area contributed by atoms with Gasteiger partial charge in [-0.25, -0.2) is 0 Å². The van der Waals surface area contributed by atoms with Crippen molar-refractivity contribution in [1.82, 2.24) is 5.43 Å². The SMILES string of the molecule is Cc1cccc(NC(=S)N/N=C\c2ccc(O)cc2)c1C. The lowest BCUT2D eigenvalue weighted by Gasteiger charge is -2.11. The Bertz CT molecular complexity index is 666. The number of thiocarbonyl (C=S) groups is 1. The summed E-state index contributed by atoms with van der Waals surface area (Å²) >= 11 is 5.20. The molecule has 0 heterocycles. The molecule has 5 heteroatoms. The van der Waals surface area contributed by atoms with Crippen LogP contribution >= 0.6 is 12.2 Å². The molecule has 0 saturated heterocycles. The van der Waals surface area contributed by atoms with Crippen LogP contribution in [0.25, 0.3) is 0 Å². The summed E-state index contributed by atoms with van der Waals surface area (Å²) in [5.41, 5.74) is 6.96. The van der Waals surface area contributed by atoms with Crippen LogP contribution in [0.4, 0.5) is 5.69 Å². The normalized spacial score (nSPS) is 10.6. The van der Waals surface area contributed by atoms with E-state index in [-0.39, 0.29) is 5.75 Å². The third kappa shape index (κ3) is 4.29. The number of hydrazone groups is 1. The summed E-state index contributed by atoms with van der Waals surface area (Å²) < 4.78 is 0. The minimum absolute atomic E-state index is 0.229. The number of rotatable bonds is 3. The van der Waals surface area contributed by atoms with E-state index < -0.39 is 0 Å². The van der Waals surface area contributed by atoms with Crippen LogP contribution in [-0.2, 0) is 0 Å². The van der Waals surface area contributed by atoms with Crippen molar-refractivity contribution in [3.05, 3.63) is 59.2 Å². The van der Waals surface area contributed by atoms with E-state index in [1.54, 1.807) is 30.5 Å². The Hall–Kier alpha value is -2.40. The highest BCUT2D eigenvalue weighted by molar-refractivity contribution is 7.80. The van der Waals surface area contributed by atoms with Gasteiger partial charge < -0.3 is 10.4 Å². The van der Waals surface area contributed by atoms with Crippen LogP contribution in [0.2, 0.25) is 0 Å². The summed E-state index contributed by atoms with van der Waals surface area (Å²) in [6.45, 7) is 4.10. The van der Waals surface area contributed by atoms with Crippen LogP contribution in [0.1, 0.15) is 16.7 Å². The maximum absolute atomic E-state index is 9.19. The summed E-state index contributed by atoms with van der Waals surface area (Å²) in [5, 5.41) is 16.8. The average molecular weight is 299 g/mol. The minimum Gasteiger partial charge on any atom is -0.508 e. The van der Waals surface area contributed by atoms with Gasteiger partial charge in [-0.05, 0) is 73.1 Å². The second-order valence-electron chi connectivity index (χ2n) is 4.66. The zero-order chi connectivity index (χ0) is 15.2. The first-order chi connectivity index (χ1) is 10.1. The molecule has 2 aromatic rings. The molecule has 0 amide bonds. The lowest BCUT2D eigenvalue weighted by molar-refractivity contribution is 0.475. The first kappa shape index (κ1) is 15.0. The zero-order valence-corrected chi connectivity index (χ0v) is 12.7. The molecule has 2 rings (SSSR count). The van der Waals surface area contributed by atoms with Crippen LogP contribution in [0.15, 0.2) is 47.6 Å². The second-order valence-corrected chi connectivity index (χ2v) is 5.07. The number of hydrogen-bond acceptors (Lipinski definition) is 3. The number of phenols is 1. The minimum atomic E-state index is 0.229. The standard InChI is InChI=1S/C16H17N3OS/c1-11-4-3-5-15(12(11)2)18-16(21)19-17-10-13-6-8-14(20)9-7-13/h3-10,20H,1-2H3,(H2,18,19,21)/b17-10-. The van der Waals surface area contributed by atoms with E-state index in [4.69, 9.17) is 12.2 Å².